The highest BCUT2D eigenvalue weighted by Gasteiger charge is 2.25. The average molecular weight is 1030 g/mol. The van der Waals surface area contributed by atoms with E-state index in [1.807, 2.05) is 60.7 Å². The van der Waals surface area contributed by atoms with E-state index < -0.39 is 0 Å². The van der Waals surface area contributed by atoms with E-state index in [9.17, 15) is 5.26 Å². The Morgan fingerprint density at radius 1 is 0.287 bits per heavy atom. The highest BCUT2D eigenvalue weighted by Crippen LogP contribution is 2.44. The van der Waals surface area contributed by atoms with Crippen LogP contribution >= 0.6 is 0 Å². The number of hydrogen-bond acceptors (Lipinski definition) is 4. The summed E-state index contributed by atoms with van der Waals surface area (Å²) in [6.45, 7) is 8.48. The zero-order chi connectivity index (χ0) is 54.0. The van der Waals surface area contributed by atoms with Crippen LogP contribution in [-0.2, 0) is 0 Å². The molecule has 0 saturated heterocycles. The smallest absolute Gasteiger partial charge is 0.166 e. The molecule has 6 nitrogen and oxygen atoms in total. The first-order chi connectivity index (χ1) is 39.2. The highest BCUT2D eigenvalue weighted by atomic mass is 15.1. The van der Waals surface area contributed by atoms with Crippen LogP contribution in [0.4, 0.5) is 0 Å². The van der Waals surface area contributed by atoms with Crippen LogP contribution in [0.3, 0.4) is 0 Å². The molecule has 378 valence electrons. The molecule has 0 radical (unpaired) electrons. The molecule has 0 saturated carbocycles. The summed E-state index contributed by atoms with van der Waals surface area (Å²) in [6.07, 6.45) is 0. The van der Waals surface area contributed by atoms with Crippen LogP contribution < -0.4 is 0 Å². The predicted octanol–water partition coefficient (Wildman–Crippen LogP) is 18.8. The second-order valence-corrected chi connectivity index (χ2v) is 21.1. The fourth-order valence-electron chi connectivity index (χ4n) is 11.4. The van der Waals surface area contributed by atoms with Crippen molar-refractivity contribution in [2.75, 3.05) is 0 Å². The van der Waals surface area contributed by atoms with Gasteiger partial charge in [0.15, 0.2) is 17.5 Å². The Hall–Kier alpha value is -10.5. The van der Waals surface area contributed by atoms with Gasteiger partial charge in [-0.15, -0.1) is 0 Å². The van der Waals surface area contributed by atoms with Crippen LogP contribution in [-0.4, -0.2) is 24.1 Å². The third-order valence-electron chi connectivity index (χ3n) is 15.7. The summed E-state index contributed by atoms with van der Waals surface area (Å²) >= 11 is 0. The van der Waals surface area contributed by atoms with Crippen molar-refractivity contribution >= 4 is 43.6 Å². The quantitative estimate of drug-likeness (QED) is 0.144. The molecule has 0 aliphatic rings. The van der Waals surface area contributed by atoms with Crippen LogP contribution in [0.2, 0.25) is 0 Å². The first-order valence-electron chi connectivity index (χ1n) is 27.1. The van der Waals surface area contributed by atoms with E-state index in [-0.39, 0.29) is 0 Å². The molecule has 0 amide bonds. The summed E-state index contributed by atoms with van der Waals surface area (Å²) in [7, 11) is 0. The summed E-state index contributed by atoms with van der Waals surface area (Å²) in [5, 5.41) is 16.1. The first-order valence-corrected chi connectivity index (χ1v) is 27.1. The number of aromatic nitrogens is 5. The van der Waals surface area contributed by atoms with Crippen molar-refractivity contribution in [2.45, 2.75) is 27.7 Å². The van der Waals surface area contributed by atoms with Gasteiger partial charge in [-0.3, -0.25) is 0 Å². The fourth-order valence-corrected chi connectivity index (χ4v) is 11.4. The molecule has 14 rings (SSSR count). The number of aryl methyl sites for hydroxylation is 4. The van der Waals surface area contributed by atoms with Crippen LogP contribution in [0.15, 0.2) is 243 Å². The minimum Gasteiger partial charge on any atom is -0.308 e. The van der Waals surface area contributed by atoms with Crippen molar-refractivity contribution in [3.63, 3.8) is 0 Å². The van der Waals surface area contributed by atoms with Crippen molar-refractivity contribution in [2.24, 2.45) is 0 Å². The largest absolute Gasteiger partial charge is 0.308 e. The molecule has 0 aliphatic carbocycles. The minimum atomic E-state index is 0.477. The summed E-state index contributed by atoms with van der Waals surface area (Å²) in [5.74, 6) is 1.57. The molecule has 6 heteroatoms. The molecule has 0 spiro atoms. The van der Waals surface area contributed by atoms with Crippen molar-refractivity contribution < 1.29 is 0 Å². The van der Waals surface area contributed by atoms with Crippen molar-refractivity contribution in [3.05, 3.63) is 270 Å². The molecular weight excluding hydrogens is 973 g/mol. The maximum Gasteiger partial charge on any atom is 0.166 e. The second kappa shape index (κ2) is 19.5. The number of benzene rings is 11. The number of hydrogen-bond donors (Lipinski definition) is 0. The first kappa shape index (κ1) is 47.9. The van der Waals surface area contributed by atoms with Gasteiger partial charge < -0.3 is 9.13 Å². The topological polar surface area (TPSA) is 72.3 Å². The number of rotatable bonds is 9. The maximum absolute atomic E-state index is 11.7. The Balaban J connectivity index is 1.09. The summed E-state index contributed by atoms with van der Waals surface area (Å²) in [4.78, 5) is 16.0. The van der Waals surface area contributed by atoms with E-state index in [4.69, 9.17) is 15.0 Å². The summed E-state index contributed by atoms with van der Waals surface area (Å²) in [6, 6.07) is 88.9. The summed E-state index contributed by atoms with van der Waals surface area (Å²) in [5.41, 5.74) is 22.2. The highest BCUT2D eigenvalue weighted by molar-refractivity contribution is 6.14. The molecule has 0 fully saturated rings. The molecule has 0 unspecified atom stereocenters. The van der Waals surface area contributed by atoms with E-state index in [0.717, 1.165) is 110 Å². The third-order valence-corrected chi connectivity index (χ3v) is 15.7. The van der Waals surface area contributed by atoms with Gasteiger partial charge in [-0.05, 0) is 133 Å². The predicted molar refractivity (Wildman–Crippen MR) is 330 cm³/mol. The lowest BCUT2D eigenvalue weighted by molar-refractivity contribution is 1.06. The van der Waals surface area contributed by atoms with Crippen molar-refractivity contribution in [3.8, 4) is 96.1 Å². The second-order valence-electron chi connectivity index (χ2n) is 21.1. The lowest BCUT2D eigenvalue weighted by atomic mass is 9.99. The molecule has 11 aromatic carbocycles. The molecule has 80 heavy (non-hydrogen) atoms. The zero-order valence-corrected chi connectivity index (χ0v) is 44.8. The van der Waals surface area contributed by atoms with Gasteiger partial charge in [0.05, 0.1) is 39.0 Å². The minimum absolute atomic E-state index is 0.477. The molecule has 0 bridgehead atoms. The van der Waals surface area contributed by atoms with Gasteiger partial charge >= 0.3 is 0 Å². The van der Waals surface area contributed by atoms with E-state index in [0.29, 0.717) is 28.7 Å². The summed E-state index contributed by atoms with van der Waals surface area (Å²) < 4.78 is 4.57. The lowest BCUT2D eigenvalue weighted by Gasteiger charge is -2.19. The molecule has 0 aliphatic heterocycles. The molecule has 14 aromatic rings. The van der Waals surface area contributed by atoms with E-state index in [1.165, 1.54) is 22.3 Å². The van der Waals surface area contributed by atoms with E-state index in [2.05, 4.69) is 225 Å². The van der Waals surface area contributed by atoms with Gasteiger partial charge in [0.2, 0.25) is 0 Å². The Morgan fingerprint density at radius 2 is 0.588 bits per heavy atom. The normalized spacial score (nSPS) is 11.5. The van der Waals surface area contributed by atoms with Crippen LogP contribution in [0.5, 0.6) is 0 Å². The van der Waals surface area contributed by atoms with E-state index >= 15 is 0 Å². The standard InChI is InChI=1S/C74H52N6/c1-46-15-23-50(24-16-46)56-31-35-66-61(39-56)62-40-57(51-25-17-47(2)18-26-51)32-36-67(62)79(66)70-44-65(74-77-72(54-11-7-5-8-12-54)76-73(78-74)55-13-9-6-10-14-55)71(43-60(70)45-75)80-68-37-33-58(52-27-19-48(3)20-28-52)41-63(68)64-42-59(34-38-69(64)80)53-29-21-49(4)22-30-53/h5-44H,1-4H3. The zero-order valence-electron chi connectivity index (χ0n) is 44.8. The van der Waals surface area contributed by atoms with Gasteiger partial charge in [0.1, 0.15) is 6.07 Å². The number of fused-ring (bicyclic) bond motifs is 6. The Morgan fingerprint density at radius 3 is 0.912 bits per heavy atom. The Bertz CT molecular complexity index is 4490. The van der Waals surface area contributed by atoms with Gasteiger partial charge in [-0.1, -0.05) is 204 Å². The fraction of sp³-hybridized carbons (Fsp3) is 0.0541. The number of nitrogens with zero attached hydrogens (tertiary/aromatic N) is 6. The molecule has 3 aromatic heterocycles. The average Bonchev–Trinajstić information content (AvgIpc) is 4.18. The lowest BCUT2D eigenvalue weighted by Crippen LogP contribution is -2.07. The Kier molecular flexibility index (Phi) is 11.7. The molecule has 0 atom stereocenters. The van der Waals surface area contributed by atoms with Crippen molar-refractivity contribution in [1.29, 1.82) is 5.26 Å². The SMILES string of the molecule is Cc1ccc(-c2ccc3c(c2)c2cc(-c4ccc(C)cc4)ccc2n3-c2cc(-c3nc(-c4ccccc4)nc(-c4ccccc4)n3)c(-n3c4ccc(-c5ccc(C)cc5)cc4c4cc(-c5ccc(C)cc5)ccc43)cc2C#N)cc1. The molecular formula is C74H52N6. The van der Waals surface area contributed by atoms with E-state index in [1.54, 1.807) is 0 Å². The van der Waals surface area contributed by atoms with Crippen LogP contribution in [0, 0.1) is 39.0 Å². The van der Waals surface area contributed by atoms with Gasteiger partial charge in [-0.25, -0.2) is 15.0 Å². The van der Waals surface area contributed by atoms with Gasteiger partial charge in [0.25, 0.3) is 0 Å². The number of nitriles is 1. The molecule has 0 N–H and O–H groups in total. The third kappa shape index (κ3) is 8.50. The Labute approximate surface area is 464 Å². The van der Waals surface area contributed by atoms with Gasteiger partial charge in [0, 0.05) is 38.2 Å². The van der Waals surface area contributed by atoms with Crippen LogP contribution in [0.1, 0.15) is 27.8 Å². The molecule has 3 heterocycles. The van der Waals surface area contributed by atoms with Crippen LogP contribution in [0.25, 0.3) is 134 Å². The monoisotopic (exact) mass is 1020 g/mol. The maximum atomic E-state index is 11.7. The van der Waals surface area contributed by atoms with Crippen molar-refractivity contribution in [1.82, 2.24) is 24.1 Å². The van der Waals surface area contributed by atoms with Gasteiger partial charge in [-0.2, -0.15) is 5.26 Å².